The van der Waals surface area contributed by atoms with Crippen molar-refractivity contribution < 1.29 is 4.74 Å². The highest BCUT2D eigenvalue weighted by Gasteiger charge is 2.37. The molecule has 3 rings (SSSR count). The van der Waals surface area contributed by atoms with Crippen LogP contribution in [-0.2, 0) is 11.2 Å². The van der Waals surface area contributed by atoms with Crippen LogP contribution in [0.15, 0.2) is 18.2 Å². The zero-order chi connectivity index (χ0) is 12.5. The monoisotopic (exact) mass is 354 g/mol. The molecule has 18 heavy (non-hydrogen) atoms. The first-order valence-corrected chi connectivity index (χ1v) is 7.56. The number of rotatable bonds is 1. The summed E-state index contributed by atoms with van der Waals surface area (Å²) >= 11 is 2.47. The molecule has 0 aliphatic carbocycles. The first kappa shape index (κ1) is 12.2. The number of nitrogens with one attached hydrogen (secondary N) is 1. The average molecular weight is 354 g/mol. The van der Waals surface area contributed by atoms with Crippen LogP contribution < -0.4 is 5.32 Å². The van der Waals surface area contributed by atoms with Gasteiger partial charge in [0.25, 0.3) is 0 Å². The largest absolute Gasteiger partial charge is 0.373 e. The predicted octanol–water partition coefficient (Wildman–Crippen LogP) is 3.41. The average Bonchev–Trinajstić information content (AvgIpc) is 2.40. The van der Waals surface area contributed by atoms with E-state index < -0.39 is 0 Å². The number of nitriles is 1. The van der Waals surface area contributed by atoms with Gasteiger partial charge in [-0.1, -0.05) is 34.7 Å². The molecular formula is C14H15IN2O. The maximum Gasteiger partial charge on any atom is 0.0900 e. The molecule has 0 aromatic heterocycles. The van der Waals surface area contributed by atoms with Crippen molar-refractivity contribution >= 4 is 28.3 Å². The standard InChI is InChI=1S/C14H15IN2O/c15-14-10-2-1-7-18-13(10)11-8-9(5-6-16)3-4-12(11)17-14/h3-4,8,10,13-14,17H,1-2,5,7H2/t10-,13+,14-/m1/s1. The minimum Gasteiger partial charge on any atom is -0.373 e. The van der Waals surface area contributed by atoms with Crippen LogP contribution in [0.1, 0.15) is 30.1 Å². The molecule has 0 saturated carbocycles. The van der Waals surface area contributed by atoms with Crippen LogP contribution in [-0.4, -0.2) is 10.7 Å². The van der Waals surface area contributed by atoms with Crippen molar-refractivity contribution in [1.82, 2.24) is 0 Å². The van der Waals surface area contributed by atoms with Gasteiger partial charge in [0.15, 0.2) is 0 Å². The molecule has 0 unspecified atom stereocenters. The Morgan fingerprint density at radius 1 is 1.50 bits per heavy atom. The summed E-state index contributed by atoms with van der Waals surface area (Å²) in [6.45, 7) is 0.854. The van der Waals surface area contributed by atoms with Gasteiger partial charge < -0.3 is 10.1 Å². The molecule has 1 fully saturated rings. The molecule has 3 nitrogen and oxygen atoms in total. The molecule has 2 aliphatic heterocycles. The fourth-order valence-corrected chi connectivity index (χ4v) is 3.93. The molecule has 1 aromatic carbocycles. The Morgan fingerprint density at radius 2 is 2.39 bits per heavy atom. The van der Waals surface area contributed by atoms with E-state index in [1.165, 1.54) is 17.7 Å². The summed E-state index contributed by atoms with van der Waals surface area (Å²) < 4.78 is 6.42. The van der Waals surface area contributed by atoms with E-state index in [0.29, 0.717) is 16.4 Å². The third-order valence-electron chi connectivity index (χ3n) is 3.74. The lowest BCUT2D eigenvalue weighted by Gasteiger charge is -2.41. The van der Waals surface area contributed by atoms with Gasteiger partial charge in [0.05, 0.1) is 22.6 Å². The summed E-state index contributed by atoms with van der Waals surface area (Å²) in [6.07, 6.45) is 3.04. The van der Waals surface area contributed by atoms with Crippen LogP contribution in [0, 0.1) is 17.2 Å². The van der Waals surface area contributed by atoms with E-state index in [1.54, 1.807) is 0 Å². The van der Waals surface area contributed by atoms with Crippen LogP contribution >= 0.6 is 22.6 Å². The zero-order valence-corrected chi connectivity index (χ0v) is 12.2. The maximum atomic E-state index is 8.80. The first-order chi connectivity index (χ1) is 8.79. The van der Waals surface area contributed by atoms with E-state index in [2.05, 4.69) is 46.1 Å². The van der Waals surface area contributed by atoms with Gasteiger partial charge in [0.2, 0.25) is 0 Å². The van der Waals surface area contributed by atoms with E-state index in [-0.39, 0.29) is 6.10 Å². The highest BCUT2D eigenvalue weighted by atomic mass is 127. The van der Waals surface area contributed by atoms with E-state index in [4.69, 9.17) is 10.00 Å². The Bertz CT molecular complexity index is 497. The lowest BCUT2D eigenvalue weighted by Crippen LogP contribution is -2.37. The Labute approximate surface area is 121 Å². The number of hydrogen-bond acceptors (Lipinski definition) is 3. The van der Waals surface area contributed by atoms with Crippen LogP contribution in [0.2, 0.25) is 0 Å². The Balaban J connectivity index is 1.99. The number of halogens is 1. The molecule has 0 bridgehead atoms. The predicted molar refractivity (Wildman–Crippen MR) is 78.6 cm³/mol. The van der Waals surface area contributed by atoms with Crippen molar-refractivity contribution in [3.63, 3.8) is 0 Å². The summed E-state index contributed by atoms with van der Waals surface area (Å²) in [4.78, 5) is 0. The van der Waals surface area contributed by atoms with Gasteiger partial charge >= 0.3 is 0 Å². The Kier molecular flexibility index (Phi) is 3.44. The van der Waals surface area contributed by atoms with Crippen LogP contribution in [0.3, 0.4) is 0 Å². The lowest BCUT2D eigenvalue weighted by molar-refractivity contribution is -0.0280. The van der Waals surface area contributed by atoms with Gasteiger partial charge in [-0.15, -0.1) is 0 Å². The molecule has 4 heteroatoms. The topological polar surface area (TPSA) is 45.0 Å². The minimum atomic E-state index is 0.204. The number of benzene rings is 1. The molecule has 1 aromatic rings. The Hall–Kier alpha value is -0.800. The molecule has 0 radical (unpaired) electrons. The second-order valence-electron chi connectivity index (χ2n) is 4.90. The zero-order valence-electron chi connectivity index (χ0n) is 10.0. The number of fused-ring (bicyclic) bond motifs is 3. The minimum absolute atomic E-state index is 0.204. The highest BCUT2D eigenvalue weighted by Crippen LogP contribution is 2.45. The fourth-order valence-electron chi connectivity index (χ4n) is 2.86. The second-order valence-corrected chi connectivity index (χ2v) is 6.24. The van der Waals surface area contributed by atoms with Crippen LogP contribution in [0.5, 0.6) is 0 Å². The van der Waals surface area contributed by atoms with E-state index in [0.717, 1.165) is 18.6 Å². The van der Waals surface area contributed by atoms with Crippen molar-refractivity contribution in [1.29, 1.82) is 5.26 Å². The molecule has 2 heterocycles. The number of alkyl halides is 1. The molecule has 94 valence electrons. The first-order valence-electron chi connectivity index (χ1n) is 6.31. The van der Waals surface area contributed by atoms with Gasteiger partial charge in [0, 0.05) is 23.8 Å². The van der Waals surface area contributed by atoms with Gasteiger partial charge in [0.1, 0.15) is 0 Å². The molecule has 0 spiro atoms. The summed E-state index contributed by atoms with van der Waals surface area (Å²) in [5.74, 6) is 0.546. The number of anilines is 1. The van der Waals surface area contributed by atoms with Crippen LogP contribution in [0.4, 0.5) is 5.69 Å². The summed E-state index contributed by atoms with van der Waals surface area (Å²) in [6, 6.07) is 8.46. The summed E-state index contributed by atoms with van der Waals surface area (Å²) in [7, 11) is 0. The molecular weight excluding hydrogens is 339 g/mol. The second kappa shape index (κ2) is 5.06. The van der Waals surface area contributed by atoms with Gasteiger partial charge in [-0.3, -0.25) is 0 Å². The Morgan fingerprint density at radius 3 is 3.22 bits per heavy atom. The van der Waals surface area contributed by atoms with Crippen molar-refractivity contribution in [2.75, 3.05) is 11.9 Å². The van der Waals surface area contributed by atoms with Crippen LogP contribution in [0.25, 0.3) is 0 Å². The smallest absolute Gasteiger partial charge is 0.0900 e. The number of ether oxygens (including phenoxy) is 1. The number of hydrogen-bond donors (Lipinski definition) is 1. The molecule has 2 aliphatic rings. The normalized spacial score (nSPS) is 29.7. The quantitative estimate of drug-likeness (QED) is 0.478. The van der Waals surface area contributed by atoms with E-state index in [1.807, 2.05) is 6.07 Å². The summed E-state index contributed by atoms with van der Waals surface area (Å²) in [5.41, 5.74) is 3.48. The number of nitrogens with zero attached hydrogens (tertiary/aromatic N) is 1. The van der Waals surface area contributed by atoms with Crippen molar-refractivity contribution in [2.45, 2.75) is 29.4 Å². The molecule has 1 saturated heterocycles. The SMILES string of the molecule is N#CCc1ccc2c(c1)[C@H]1OCCC[C@H]1[C@H](I)N2. The molecule has 0 amide bonds. The molecule has 3 atom stereocenters. The van der Waals surface area contributed by atoms with E-state index >= 15 is 0 Å². The summed E-state index contributed by atoms with van der Waals surface area (Å²) in [5, 5.41) is 12.4. The van der Waals surface area contributed by atoms with Gasteiger partial charge in [-0.05, 0) is 24.5 Å². The van der Waals surface area contributed by atoms with Crippen molar-refractivity contribution in [3.8, 4) is 6.07 Å². The molecule has 1 N–H and O–H groups in total. The van der Waals surface area contributed by atoms with Crippen molar-refractivity contribution in [2.24, 2.45) is 5.92 Å². The van der Waals surface area contributed by atoms with Gasteiger partial charge in [-0.25, -0.2) is 0 Å². The third kappa shape index (κ3) is 2.10. The van der Waals surface area contributed by atoms with E-state index in [9.17, 15) is 0 Å². The fraction of sp³-hybridized carbons (Fsp3) is 0.500. The third-order valence-corrected chi connectivity index (χ3v) is 4.98. The van der Waals surface area contributed by atoms with Crippen molar-refractivity contribution in [3.05, 3.63) is 29.3 Å². The highest BCUT2D eigenvalue weighted by molar-refractivity contribution is 14.1. The maximum absolute atomic E-state index is 8.80. The van der Waals surface area contributed by atoms with Gasteiger partial charge in [-0.2, -0.15) is 5.26 Å². The lowest BCUT2D eigenvalue weighted by atomic mass is 9.85.